The number of aliphatic imine (C=N–C) groups is 1. The number of aryl methyl sites for hydroxylation is 1. The zero-order chi connectivity index (χ0) is 18.5. The van der Waals surface area contributed by atoms with Crippen molar-refractivity contribution < 1.29 is 13.9 Å². The molecule has 1 aromatic heterocycles. The van der Waals surface area contributed by atoms with E-state index in [-0.39, 0.29) is 17.9 Å². The molecule has 136 valence electrons. The van der Waals surface area contributed by atoms with E-state index in [4.69, 9.17) is 19.6 Å². The minimum absolute atomic E-state index is 0.0567. The number of aromatic nitrogens is 2. The molecule has 0 spiro atoms. The lowest BCUT2D eigenvalue weighted by Crippen LogP contribution is -2.06. The topological polar surface area (TPSA) is 48.6 Å². The molecule has 27 heavy (non-hydrogen) atoms. The van der Waals surface area contributed by atoms with Crippen LogP contribution in [0.2, 0.25) is 0 Å². The molecule has 2 aromatic carbocycles. The number of ether oxygens (including phenoxy) is 2. The minimum Gasteiger partial charge on any atom is -0.454 e. The molecule has 7 heteroatoms. The molecule has 0 bridgehead atoms. The second-order valence-corrected chi connectivity index (χ2v) is 7.75. The van der Waals surface area contributed by atoms with E-state index in [0.717, 1.165) is 44.9 Å². The third kappa shape index (κ3) is 2.70. The first-order chi connectivity index (χ1) is 13.1. The average molecular weight is 381 g/mol. The number of rotatable bonds is 2. The second kappa shape index (κ2) is 6.13. The molecule has 0 amide bonds. The molecule has 0 saturated heterocycles. The van der Waals surface area contributed by atoms with Crippen LogP contribution in [0.25, 0.3) is 5.69 Å². The summed E-state index contributed by atoms with van der Waals surface area (Å²) in [6, 6.07) is 12.3. The molecule has 0 radical (unpaired) electrons. The van der Waals surface area contributed by atoms with Crippen LogP contribution >= 0.6 is 11.8 Å². The first-order valence-electron chi connectivity index (χ1n) is 8.57. The highest BCUT2D eigenvalue weighted by Gasteiger charge is 2.31. The Morgan fingerprint density at radius 1 is 1.07 bits per heavy atom. The molecule has 0 fully saturated rings. The lowest BCUT2D eigenvalue weighted by atomic mass is 10.0. The number of thioether (sulfide) groups is 1. The zero-order valence-corrected chi connectivity index (χ0v) is 15.6. The summed E-state index contributed by atoms with van der Waals surface area (Å²) in [6.07, 6.45) is 0. The Morgan fingerprint density at radius 2 is 1.85 bits per heavy atom. The van der Waals surface area contributed by atoms with Crippen molar-refractivity contribution in [2.45, 2.75) is 19.1 Å². The molecule has 2 aliphatic heterocycles. The van der Waals surface area contributed by atoms with Crippen LogP contribution < -0.4 is 9.47 Å². The fourth-order valence-electron chi connectivity index (χ4n) is 3.42. The Balaban J connectivity index is 1.64. The Labute approximate surface area is 159 Å². The highest BCUT2D eigenvalue weighted by Crippen LogP contribution is 2.49. The number of hydrogen-bond donors (Lipinski definition) is 0. The maximum atomic E-state index is 13.3. The predicted molar refractivity (Wildman–Crippen MR) is 103 cm³/mol. The van der Waals surface area contributed by atoms with Gasteiger partial charge in [0.25, 0.3) is 0 Å². The Hall–Kier alpha value is -2.80. The quantitative estimate of drug-likeness (QED) is 0.631. The van der Waals surface area contributed by atoms with Crippen molar-refractivity contribution in [1.82, 2.24) is 9.78 Å². The third-order valence-electron chi connectivity index (χ3n) is 4.67. The van der Waals surface area contributed by atoms with Gasteiger partial charge in [-0.2, -0.15) is 5.10 Å². The molecule has 3 heterocycles. The zero-order valence-electron chi connectivity index (χ0n) is 14.8. The Bertz CT molecular complexity index is 1080. The summed E-state index contributed by atoms with van der Waals surface area (Å²) >= 11 is 1.69. The number of hydrogen-bond acceptors (Lipinski definition) is 5. The van der Waals surface area contributed by atoms with Gasteiger partial charge in [0, 0.05) is 5.56 Å². The van der Waals surface area contributed by atoms with Crippen molar-refractivity contribution in [2.24, 2.45) is 4.99 Å². The van der Waals surface area contributed by atoms with E-state index in [9.17, 15) is 4.39 Å². The first-order valence-corrected chi connectivity index (χ1v) is 9.45. The molecular formula is C20H16FN3O2S. The second-order valence-electron chi connectivity index (χ2n) is 6.45. The molecule has 0 aliphatic carbocycles. The van der Waals surface area contributed by atoms with Crippen molar-refractivity contribution in [3.05, 3.63) is 65.1 Å². The molecule has 3 aromatic rings. The summed E-state index contributed by atoms with van der Waals surface area (Å²) in [5.74, 6) is 2.05. The van der Waals surface area contributed by atoms with Gasteiger partial charge >= 0.3 is 0 Å². The standard InChI is InChI=1S/C20H16FN3O2S/c1-11-18-19(13-3-8-16-17(9-13)26-10-25-16)27-12(2)22-20(18)24(23-11)15-6-4-14(21)5-7-15/h3-9,19H,10H2,1-2H3. The van der Waals surface area contributed by atoms with Gasteiger partial charge in [-0.1, -0.05) is 17.8 Å². The molecule has 0 N–H and O–H groups in total. The van der Waals surface area contributed by atoms with Crippen LogP contribution in [-0.4, -0.2) is 21.6 Å². The van der Waals surface area contributed by atoms with Crippen molar-refractivity contribution >= 4 is 22.6 Å². The van der Waals surface area contributed by atoms with E-state index < -0.39 is 0 Å². The maximum Gasteiger partial charge on any atom is 0.231 e. The van der Waals surface area contributed by atoms with Crippen LogP contribution in [0.15, 0.2) is 47.5 Å². The van der Waals surface area contributed by atoms with E-state index in [1.807, 2.05) is 26.0 Å². The third-order valence-corrected chi connectivity index (χ3v) is 5.84. The van der Waals surface area contributed by atoms with Gasteiger partial charge in [0.1, 0.15) is 5.82 Å². The van der Waals surface area contributed by atoms with Gasteiger partial charge in [0.2, 0.25) is 6.79 Å². The number of fused-ring (bicyclic) bond motifs is 2. The summed E-state index contributed by atoms with van der Waals surface area (Å²) < 4.78 is 26.1. The van der Waals surface area contributed by atoms with Crippen LogP contribution in [0, 0.1) is 12.7 Å². The fourth-order valence-corrected chi connectivity index (χ4v) is 4.58. The first kappa shape index (κ1) is 16.4. The van der Waals surface area contributed by atoms with E-state index in [0.29, 0.717) is 0 Å². The molecule has 2 aliphatic rings. The van der Waals surface area contributed by atoms with Crippen LogP contribution in [0.3, 0.4) is 0 Å². The minimum atomic E-state index is -0.273. The van der Waals surface area contributed by atoms with E-state index in [1.165, 1.54) is 12.1 Å². The Kier molecular flexibility index (Phi) is 3.72. The molecule has 5 rings (SSSR count). The van der Waals surface area contributed by atoms with Crippen molar-refractivity contribution in [2.75, 3.05) is 6.79 Å². The van der Waals surface area contributed by atoms with Crippen LogP contribution in [0.1, 0.15) is 29.0 Å². The van der Waals surface area contributed by atoms with E-state index >= 15 is 0 Å². The summed E-state index contributed by atoms with van der Waals surface area (Å²) in [5, 5.41) is 5.70. The summed E-state index contributed by atoms with van der Waals surface area (Å²) in [6.45, 7) is 4.23. The molecule has 1 unspecified atom stereocenters. The summed E-state index contributed by atoms with van der Waals surface area (Å²) in [7, 11) is 0. The van der Waals surface area contributed by atoms with Gasteiger partial charge < -0.3 is 9.47 Å². The van der Waals surface area contributed by atoms with Crippen molar-refractivity contribution in [3.63, 3.8) is 0 Å². The van der Waals surface area contributed by atoms with Gasteiger partial charge in [-0.3, -0.25) is 0 Å². The summed E-state index contributed by atoms with van der Waals surface area (Å²) in [4.78, 5) is 4.74. The van der Waals surface area contributed by atoms with Crippen molar-refractivity contribution in [1.29, 1.82) is 0 Å². The number of benzene rings is 2. The SMILES string of the molecule is CC1=Nc2c(c(C)nn2-c2ccc(F)cc2)C(c2ccc3c(c2)OCO3)S1. The normalized spacial score (nSPS) is 17.6. The Morgan fingerprint density at radius 3 is 2.67 bits per heavy atom. The summed E-state index contributed by atoms with van der Waals surface area (Å²) in [5.41, 5.74) is 3.87. The lowest BCUT2D eigenvalue weighted by Gasteiger charge is -2.22. The predicted octanol–water partition coefficient (Wildman–Crippen LogP) is 4.93. The number of halogens is 1. The van der Waals surface area contributed by atoms with Crippen LogP contribution in [0.4, 0.5) is 10.2 Å². The smallest absolute Gasteiger partial charge is 0.231 e. The van der Waals surface area contributed by atoms with Gasteiger partial charge in [0.15, 0.2) is 17.3 Å². The van der Waals surface area contributed by atoms with E-state index in [1.54, 1.807) is 28.6 Å². The monoisotopic (exact) mass is 381 g/mol. The van der Waals surface area contributed by atoms with Gasteiger partial charge in [-0.15, -0.1) is 0 Å². The highest BCUT2D eigenvalue weighted by molar-refractivity contribution is 8.14. The molecular weight excluding hydrogens is 365 g/mol. The van der Waals surface area contributed by atoms with Gasteiger partial charge in [0.05, 0.1) is 21.7 Å². The molecule has 1 atom stereocenters. The highest BCUT2D eigenvalue weighted by atomic mass is 32.2. The molecule has 5 nitrogen and oxygen atoms in total. The van der Waals surface area contributed by atoms with E-state index in [2.05, 4.69) is 6.07 Å². The molecule has 0 saturated carbocycles. The fraction of sp³-hybridized carbons (Fsp3) is 0.200. The largest absolute Gasteiger partial charge is 0.454 e. The van der Waals surface area contributed by atoms with Crippen molar-refractivity contribution in [3.8, 4) is 17.2 Å². The van der Waals surface area contributed by atoms with Crippen LogP contribution in [0.5, 0.6) is 11.5 Å². The van der Waals surface area contributed by atoms with Crippen LogP contribution in [-0.2, 0) is 0 Å². The maximum absolute atomic E-state index is 13.3. The number of nitrogens with zero attached hydrogens (tertiary/aromatic N) is 3. The van der Waals surface area contributed by atoms with Gasteiger partial charge in [-0.25, -0.2) is 14.1 Å². The lowest BCUT2D eigenvalue weighted by molar-refractivity contribution is 0.174. The van der Waals surface area contributed by atoms with Gasteiger partial charge in [-0.05, 0) is 55.8 Å². The average Bonchev–Trinajstić information content (AvgIpc) is 3.26.